The SMILES string of the molecule is CN1CCN(CCN2CCCNc3ccccc32)CC1. The zero-order valence-electron chi connectivity index (χ0n) is 12.5. The van der Waals surface area contributed by atoms with Crippen molar-refractivity contribution in [1.29, 1.82) is 0 Å². The Balaban J connectivity index is 1.59. The maximum atomic E-state index is 3.54. The minimum Gasteiger partial charge on any atom is -0.383 e. The van der Waals surface area contributed by atoms with E-state index >= 15 is 0 Å². The number of benzene rings is 1. The van der Waals surface area contributed by atoms with Crippen molar-refractivity contribution < 1.29 is 0 Å². The van der Waals surface area contributed by atoms with Crippen LogP contribution in [0.15, 0.2) is 24.3 Å². The maximum Gasteiger partial charge on any atom is 0.0602 e. The molecule has 0 bridgehead atoms. The second-order valence-corrected chi connectivity index (χ2v) is 5.93. The van der Waals surface area contributed by atoms with Crippen molar-refractivity contribution in [2.24, 2.45) is 0 Å². The van der Waals surface area contributed by atoms with E-state index < -0.39 is 0 Å². The van der Waals surface area contributed by atoms with Gasteiger partial charge in [0.15, 0.2) is 0 Å². The molecule has 110 valence electrons. The second kappa shape index (κ2) is 6.46. The molecule has 0 atom stereocenters. The van der Waals surface area contributed by atoms with E-state index in [4.69, 9.17) is 0 Å². The van der Waals surface area contributed by atoms with Gasteiger partial charge in [-0.15, -0.1) is 0 Å². The molecule has 1 aromatic carbocycles. The number of fused-ring (bicyclic) bond motifs is 1. The number of nitrogens with zero attached hydrogens (tertiary/aromatic N) is 3. The van der Waals surface area contributed by atoms with E-state index in [1.807, 2.05) is 0 Å². The van der Waals surface area contributed by atoms with Crippen LogP contribution in [0.3, 0.4) is 0 Å². The average molecular weight is 274 g/mol. The molecule has 20 heavy (non-hydrogen) atoms. The molecule has 2 heterocycles. The van der Waals surface area contributed by atoms with E-state index in [1.165, 1.54) is 50.5 Å². The van der Waals surface area contributed by atoms with Crippen molar-refractivity contribution in [2.45, 2.75) is 6.42 Å². The van der Waals surface area contributed by atoms with E-state index in [9.17, 15) is 0 Å². The van der Waals surface area contributed by atoms with Crippen LogP contribution in [0.2, 0.25) is 0 Å². The summed E-state index contributed by atoms with van der Waals surface area (Å²) in [5, 5.41) is 3.54. The molecule has 1 aromatic rings. The molecule has 2 aliphatic heterocycles. The Morgan fingerprint density at radius 3 is 2.65 bits per heavy atom. The number of likely N-dealkylation sites (N-methyl/N-ethyl adjacent to an activating group) is 1. The number of para-hydroxylation sites is 2. The Morgan fingerprint density at radius 1 is 1.00 bits per heavy atom. The topological polar surface area (TPSA) is 21.8 Å². The molecular formula is C16H26N4. The lowest BCUT2D eigenvalue weighted by Gasteiger charge is -2.34. The van der Waals surface area contributed by atoms with Crippen molar-refractivity contribution in [3.05, 3.63) is 24.3 Å². The number of hydrogen-bond acceptors (Lipinski definition) is 4. The largest absolute Gasteiger partial charge is 0.383 e. The first-order valence-corrected chi connectivity index (χ1v) is 7.82. The molecule has 0 amide bonds. The third-order valence-corrected chi connectivity index (χ3v) is 4.45. The summed E-state index contributed by atoms with van der Waals surface area (Å²) >= 11 is 0. The van der Waals surface area contributed by atoms with Gasteiger partial charge in [0.25, 0.3) is 0 Å². The van der Waals surface area contributed by atoms with Crippen LogP contribution in [0.4, 0.5) is 11.4 Å². The third kappa shape index (κ3) is 3.25. The minimum atomic E-state index is 1.09. The lowest BCUT2D eigenvalue weighted by molar-refractivity contribution is 0.157. The van der Waals surface area contributed by atoms with Gasteiger partial charge in [0.1, 0.15) is 0 Å². The fraction of sp³-hybridized carbons (Fsp3) is 0.625. The molecular weight excluding hydrogens is 248 g/mol. The summed E-state index contributed by atoms with van der Waals surface area (Å²) in [6.45, 7) is 9.41. The van der Waals surface area contributed by atoms with Gasteiger partial charge >= 0.3 is 0 Å². The lowest BCUT2D eigenvalue weighted by Crippen LogP contribution is -2.47. The first-order chi connectivity index (χ1) is 9.83. The van der Waals surface area contributed by atoms with Crippen LogP contribution < -0.4 is 10.2 Å². The zero-order chi connectivity index (χ0) is 13.8. The monoisotopic (exact) mass is 274 g/mol. The van der Waals surface area contributed by atoms with Gasteiger partial charge in [-0.25, -0.2) is 0 Å². The van der Waals surface area contributed by atoms with Gasteiger partial charge in [0, 0.05) is 52.4 Å². The van der Waals surface area contributed by atoms with Crippen molar-refractivity contribution in [3.8, 4) is 0 Å². The average Bonchev–Trinajstić information content (AvgIpc) is 2.69. The third-order valence-electron chi connectivity index (χ3n) is 4.45. The molecule has 0 unspecified atom stereocenters. The first kappa shape index (κ1) is 13.7. The molecule has 1 saturated heterocycles. The van der Waals surface area contributed by atoms with Gasteiger partial charge in [0.2, 0.25) is 0 Å². The first-order valence-electron chi connectivity index (χ1n) is 7.82. The second-order valence-electron chi connectivity index (χ2n) is 5.93. The van der Waals surface area contributed by atoms with Crippen molar-refractivity contribution in [2.75, 3.05) is 69.6 Å². The molecule has 0 radical (unpaired) electrons. The molecule has 0 saturated carbocycles. The van der Waals surface area contributed by atoms with Gasteiger partial charge in [-0.1, -0.05) is 12.1 Å². The highest BCUT2D eigenvalue weighted by atomic mass is 15.3. The number of rotatable bonds is 3. The molecule has 0 aromatic heterocycles. The molecule has 4 heteroatoms. The highest BCUT2D eigenvalue weighted by Gasteiger charge is 2.17. The summed E-state index contributed by atoms with van der Waals surface area (Å²) in [5.74, 6) is 0. The molecule has 1 fully saturated rings. The van der Waals surface area contributed by atoms with Crippen molar-refractivity contribution in [3.63, 3.8) is 0 Å². The number of hydrogen-bond donors (Lipinski definition) is 1. The van der Waals surface area contributed by atoms with Gasteiger partial charge in [0.05, 0.1) is 11.4 Å². The lowest BCUT2D eigenvalue weighted by atomic mass is 10.2. The van der Waals surface area contributed by atoms with E-state index in [0.29, 0.717) is 0 Å². The fourth-order valence-electron chi connectivity index (χ4n) is 3.08. The smallest absolute Gasteiger partial charge is 0.0602 e. The van der Waals surface area contributed by atoms with Crippen LogP contribution in [0, 0.1) is 0 Å². The standard InChI is InChI=1S/C16H26N4/c1-18-9-11-19(12-10-18)13-14-20-8-4-7-17-15-5-2-3-6-16(15)20/h2-3,5-6,17H,4,7-14H2,1H3. The number of piperazine rings is 1. The van der Waals surface area contributed by atoms with E-state index in [-0.39, 0.29) is 0 Å². The van der Waals surface area contributed by atoms with Crippen LogP contribution in [0.25, 0.3) is 0 Å². The number of nitrogens with one attached hydrogen (secondary N) is 1. The molecule has 2 aliphatic rings. The maximum absolute atomic E-state index is 3.54. The Hall–Kier alpha value is -1.26. The Bertz CT molecular complexity index is 426. The Morgan fingerprint density at radius 2 is 1.80 bits per heavy atom. The van der Waals surface area contributed by atoms with Crippen LogP contribution in [0.5, 0.6) is 0 Å². The van der Waals surface area contributed by atoms with E-state index in [1.54, 1.807) is 0 Å². The Kier molecular flexibility index (Phi) is 4.43. The summed E-state index contributed by atoms with van der Waals surface area (Å²) in [4.78, 5) is 7.57. The molecule has 0 aliphatic carbocycles. The summed E-state index contributed by atoms with van der Waals surface area (Å²) in [6.07, 6.45) is 1.22. The molecule has 1 N–H and O–H groups in total. The Labute approximate surface area is 122 Å². The van der Waals surface area contributed by atoms with E-state index in [0.717, 1.165) is 19.6 Å². The minimum absolute atomic E-state index is 1.09. The predicted octanol–water partition coefficient (Wildman–Crippen LogP) is 1.56. The van der Waals surface area contributed by atoms with Gasteiger partial charge < -0.3 is 15.1 Å². The fourth-order valence-corrected chi connectivity index (χ4v) is 3.08. The predicted molar refractivity (Wildman–Crippen MR) is 85.7 cm³/mol. The normalized spacial score (nSPS) is 21.1. The summed E-state index contributed by atoms with van der Waals surface area (Å²) in [6, 6.07) is 8.71. The van der Waals surface area contributed by atoms with Crippen LogP contribution in [0.1, 0.15) is 6.42 Å². The van der Waals surface area contributed by atoms with Crippen LogP contribution in [-0.2, 0) is 0 Å². The molecule has 0 spiro atoms. The van der Waals surface area contributed by atoms with E-state index in [2.05, 4.69) is 51.3 Å². The van der Waals surface area contributed by atoms with Gasteiger partial charge in [-0.05, 0) is 25.6 Å². The highest BCUT2D eigenvalue weighted by Crippen LogP contribution is 2.27. The number of anilines is 2. The van der Waals surface area contributed by atoms with Crippen molar-refractivity contribution in [1.82, 2.24) is 9.80 Å². The van der Waals surface area contributed by atoms with Crippen molar-refractivity contribution >= 4 is 11.4 Å². The van der Waals surface area contributed by atoms with Gasteiger partial charge in [-0.3, -0.25) is 4.90 Å². The molecule has 3 rings (SSSR count). The quantitative estimate of drug-likeness (QED) is 0.903. The summed E-state index contributed by atoms with van der Waals surface area (Å²) in [7, 11) is 2.22. The molecule has 4 nitrogen and oxygen atoms in total. The zero-order valence-corrected chi connectivity index (χ0v) is 12.5. The highest BCUT2D eigenvalue weighted by molar-refractivity contribution is 5.70. The van der Waals surface area contributed by atoms with Crippen LogP contribution in [-0.4, -0.2) is 69.2 Å². The summed E-state index contributed by atoms with van der Waals surface area (Å²) < 4.78 is 0. The van der Waals surface area contributed by atoms with Crippen LogP contribution >= 0.6 is 0 Å². The summed E-state index contributed by atoms with van der Waals surface area (Å²) in [5.41, 5.74) is 2.67. The van der Waals surface area contributed by atoms with Gasteiger partial charge in [-0.2, -0.15) is 0 Å².